The van der Waals surface area contributed by atoms with Gasteiger partial charge in [-0.15, -0.1) is 0 Å². The van der Waals surface area contributed by atoms with Crippen LogP contribution in [0.25, 0.3) is 6.08 Å². The second-order valence-electron chi connectivity index (χ2n) is 6.76. The standard InChI is InChI=1S/C22H28N4O/c1-2-11-24-22(27)20-10-12-23-21(18-20)26-16-14-25(15-17-26)13-6-9-19-7-4-3-5-8-19/h3-10,12,18H,2,11,13-17H2,1H3,(H,24,27)/b9-6+. The zero-order chi connectivity index (χ0) is 18.9. The van der Waals surface area contributed by atoms with Gasteiger partial charge >= 0.3 is 0 Å². The van der Waals surface area contributed by atoms with Gasteiger partial charge in [-0.1, -0.05) is 49.4 Å². The van der Waals surface area contributed by atoms with E-state index in [9.17, 15) is 4.79 Å². The van der Waals surface area contributed by atoms with Gasteiger partial charge in [0.2, 0.25) is 0 Å². The minimum atomic E-state index is -0.0230. The number of nitrogens with zero attached hydrogens (tertiary/aromatic N) is 3. The number of rotatable bonds is 7. The van der Waals surface area contributed by atoms with Gasteiger partial charge in [0.05, 0.1) is 0 Å². The van der Waals surface area contributed by atoms with Crippen molar-refractivity contribution in [1.29, 1.82) is 0 Å². The maximum Gasteiger partial charge on any atom is 0.251 e. The number of pyridine rings is 1. The van der Waals surface area contributed by atoms with E-state index in [0.29, 0.717) is 12.1 Å². The third-order valence-corrected chi connectivity index (χ3v) is 4.71. The van der Waals surface area contributed by atoms with Crippen molar-refractivity contribution in [1.82, 2.24) is 15.2 Å². The predicted octanol–water partition coefficient (Wildman–Crippen LogP) is 3.06. The van der Waals surface area contributed by atoms with Gasteiger partial charge in [-0.3, -0.25) is 9.69 Å². The summed E-state index contributed by atoms with van der Waals surface area (Å²) in [7, 11) is 0. The fraction of sp³-hybridized carbons (Fsp3) is 0.364. The molecule has 5 nitrogen and oxygen atoms in total. The van der Waals surface area contributed by atoms with Crippen molar-refractivity contribution in [3.05, 3.63) is 65.9 Å². The lowest BCUT2D eigenvalue weighted by molar-refractivity contribution is 0.0953. The molecule has 0 bridgehead atoms. The number of hydrogen-bond acceptors (Lipinski definition) is 4. The number of piperazine rings is 1. The summed E-state index contributed by atoms with van der Waals surface area (Å²) in [5, 5.41) is 2.92. The molecule has 1 aromatic carbocycles. The summed E-state index contributed by atoms with van der Waals surface area (Å²) in [5.41, 5.74) is 1.92. The van der Waals surface area contributed by atoms with Crippen LogP contribution in [-0.4, -0.2) is 55.1 Å². The van der Waals surface area contributed by atoms with E-state index < -0.39 is 0 Å². The van der Waals surface area contributed by atoms with Crippen molar-refractivity contribution >= 4 is 17.8 Å². The molecule has 1 amide bonds. The summed E-state index contributed by atoms with van der Waals surface area (Å²) < 4.78 is 0. The molecule has 0 unspecified atom stereocenters. The summed E-state index contributed by atoms with van der Waals surface area (Å²) in [6.07, 6.45) is 7.06. The minimum absolute atomic E-state index is 0.0230. The molecule has 2 heterocycles. The van der Waals surface area contributed by atoms with Crippen molar-refractivity contribution in [3.63, 3.8) is 0 Å². The Morgan fingerprint density at radius 1 is 1.15 bits per heavy atom. The van der Waals surface area contributed by atoms with E-state index in [1.165, 1.54) is 5.56 Å². The fourth-order valence-electron chi connectivity index (χ4n) is 3.13. The van der Waals surface area contributed by atoms with E-state index in [0.717, 1.165) is 45.0 Å². The fourth-order valence-corrected chi connectivity index (χ4v) is 3.13. The molecule has 5 heteroatoms. The number of carbonyl (C=O) groups excluding carboxylic acids is 1. The highest BCUT2D eigenvalue weighted by molar-refractivity contribution is 5.94. The topological polar surface area (TPSA) is 48.5 Å². The van der Waals surface area contributed by atoms with Gasteiger partial charge in [0.25, 0.3) is 5.91 Å². The second kappa shape index (κ2) is 9.88. The maximum atomic E-state index is 12.2. The Morgan fingerprint density at radius 3 is 2.67 bits per heavy atom. The predicted molar refractivity (Wildman–Crippen MR) is 111 cm³/mol. The van der Waals surface area contributed by atoms with Crippen molar-refractivity contribution < 1.29 is 4.79 Å². The highest BCUT2D eigenvalue weighted by atomic mass is 16.1. The number of benzene rings is 1. The van der Waals surface area contributed by atoms with Crippen molar-refractivity contribution in [2.45, 2.75) is 13.3 Å². The van der Waals surface area contributed by atoms with Crippen LogP contribution in [0.3, 0.4) is 0 Å². The Bertz CT molecular complexity index is 752. The average molecular weight is 364 g/mol. The van der Waals surface area contributed by atoms with Crippen molar-refractivity contribution in [2.75, 3.05) is 44.2 Å². The summed E-state index contributed by atoms with van der Waals surface area (Å²) in [4.78, 5) is 21.3. The Hall–Kier alpha value is -2.66. The molecule has 1 saturated heterocycles. The first-order valence-electron chi connectivity index (χ1n) is 9.69. The highest BCUT2D eigenvalue weighted by Crippen LogP contribution is 2.15. The number of hydrogen-bond donors (Lipinski definition) is 1. The lowest BCUT2D eigenvalue weighted by atomic mass is 10.2. The van der Waals surface area contributed by atoms with E-state index in [2.05, 4.69) is 56.5 Å². The van der Waals surface area contributed by atoms with Crippen LogP contribution in [-0.2, 0) is 0 Å². The van der Waals surface area contributed by atoms with Crippen LogP contribution in [0.1, 0.15) is 29.3 Å². The Balaban J connectivity index is 1.50. The summed E-state index contributed by atoms with van der Waals surface area (Å²) in [6, 6.07) is 14.1. The van der Waals surface area contributed by atoms with Gasteiger partial charge in [-0.25, -0.2) is 4.98 Å². The van der Waals surface area contributed by atoms with Crippen LogP contribution in [0.5, 0.6) is 0 Å². The lowest BCUT2D eigenvalue weighted by Gasteiger charge is -2.35. The Kier molecular flexibility index (Phi) is 6.99. The monoisotopic (exact) mass is 364 g/mol. The molecule has 1 aromatic heterocycles. The van der Waals surface area contributed by atoms with Crippen LogP contribution < -0.4 is 10.2 Å². The molecule has 3 rings (SSSR count). The van der Waals surface area contributed by atoms with Crippen LogP contribution in [0.15, 0.2) is 54.7 Å². The van der Waals surface area contributed by atoms with E-state index in [1.54, 1.807) is 12.3 Å². The number of amides is 1. The van der Waals surface area contributed by atoms with Crippen LogP contribution >= 0.6 is 0 Å². The molecule has 27 heavy (non-hydrogen) atoms. The first-order valence-corrected chi connectivity index (χ1v) is 9.69. The van der Waals surface area contributed by atoms with Gasteiger partial charge in [0.1, 0.15) is 5.82 Å². The molecule has 142 valence electrons. The van der Waals surface area contributed by atoms with Gasteiger partial charge < -0.3 is 10.2 Å². The largest absolute Gasteiger partial charge is 0.354 e. The first kappa shape index (κ1) is 19.1. The van der Waals surface area contributed by atoms with Gasteiger partial charge in [-0.2, -0.15) is 0 Å². The molecular formula is C22H28N4O. The molecule has 1 aliphatic rings. The summed E-state index contributed by atoms with van der Waals surface area (Å²) >= 11 is 0. The molecule has 1 fully saturated rings. The molecule has 1 aliphatic heterocycles. The minimum Gasteiger partial charge on any atom is -0.354 e. The molecule has 0 saturated carbocycles. The maximum absolute atomic E-state index is 12.2. The number of nitrogens with one attached hydrogen (secondary N) is 1. The number of aromatic nitrogens is 1. The number of carbonyl (C=O) groups is 1. The van der Waals surface area contributed by atoms with Crippen molar-refractivity contribution in [3.8, 4) is 0 Å². The molecule has 1 N–H and O–H groups in total. The highest BCUT2D eigenvalue weighted by Gasteiger charge is 2.18. The zero-order valence-electron chi connectivity index (χ0n) is 16.0. The molecular weight excluding hydrogens is 336 g/mol. The van der Waals surface area contributed by atoms with Crippen molar-refractivity contribution in [2.24, 2.45) is 0 Å². The molecule has 0 spiro atoms. The zero-order valence-corrected chi connectivity index (χ0v) is 16.0. The van der Waals surface area contributed by atoms with E-state index >= 15 is 0 Å². The Labute approximate surface area is 161 Å². The summed E-state index contributed by atoms with van der Waals surface area (Å²) in [6.45, 7) is 7.53. The second-order valence-corrected chi connectivity index (χ2v) is 6.76. The van der Waals surface area contributed by atoms with Gasteiger partial charge in [0, 0.05) is 51.0 Å². The smallest absolute Gasteiger partial charge is 0.251 e. The summed E-state index contributed by atoms with van der Waals surface area (Å²) in [5.74, 6) is 0.865. The van der Waals surface area contributed by atoms with Gasteiger partial charge in [-0.05, 0) is 24.1 Å². The molecule has 0 atom stereocenters. The van der Waals surface area contributed by atoms with Crippen LogP contribution in [0.4, 0.5) is 5.82 Å². The van der Waals surface area contributed by atoms with Gasteiger partial charge in [0.15, 0.2) is 0 Å². The normalized spacial score (nSPS) is 15.2. The number of anilines is 1. The van der Waals surface area contributed by atoms with E-state index in [1.807, 2.05) is 19.1 Å². The first-order chi connectivity index (χ1) is 13.3. The molecule has 0 aliphatic carbocycles. The SMILES string of the molecule is CCCNC(=O)c1ccnc(N2CCN(C/C=C/c3ccccc3)CC2)c1. The third kappa shape index (κ3) is 5.66. The Morgan fingerprint density at radius 2 is 1.93 bits per heavy atom. The molecule has 0 radical (unpaired) electrons. The van der Waals surface area contributed by atoms with E-state index in [4.69, 9.17) is 0 Å². The van der Waals surface area contributed by atoms with Crippen LogP contribution in [0.2, 0.25) is 0 Å². The van der Waals surface area contributed by atoms with E-state index in [-0.39, 0.29) is 5.91 Å². The lowest BCUT2D eigenvalue weighted by Crippen LogP contribution is -2.46. The van der Waals surface area contributed by atoms with Crippen LogP contribution in [0, 0.1) is 0 Å². The quantitative estimate of drug-likeness (QED) is 0.820. The average Bonchev–Trinajstić information content (AvgIpc) is 2.73. The molecule has 2 aromatic rings. The third-order valence-electron chi connectivity index (χ3n) is 4.71.